The van der Waals surface area contributed by atoms with Crippen molar-refractivity contribution in [1.82, 2.24) is 0 Å². The minimum atomic E-state index is -0.890. The van der Waals surface area contributed by atoms with Crippen molar-refractivity contribution in [2.75, 3.05) is 6.61 Å². The van der Waals surface area contributed by atoms with E-state index in [9.17, 15) is 4.79 Å². The van der Waals surface area contributed by atoms with Crippen LogP contribution in [0.25, 0.3) is 0 Å². The van der Waals surface area contributed by atoms with Gasteiger partial charge in [0.2, 0.25) is 0 Å². The summed E-state index contributed by atoms with van der Waals surface area (Å²) in [5, 5.41) is 13.4. The molecule has 0 saturated heterocycles. The summed E-state index contributed by atoms with van der Waals surface area (Å²) in [5.41, 5.74) is 1.25. The maximum atomic E-state index is 10.6. The number of carboxylic acids is 1. The minimum absolute atomic E-state index is 0.0217. The van der Waals surface area contributed by atoms with E-state index < -0.39 is 5.97 Å². The number of hydrogen-bond acceptors (Lipinski definition) is 3. The number of hydrogen-bond donors (Lipinski definition) is 1. The zero-order valence-electron chi connectivity index (χ0n) is 9.82. The molecule has 0 aliphatic heterocycles. The van der Waals surface area contributed by atoms with Crippen molar-refractivity contribution >= 4 is 34.9 Å². The maximum Gasteiger partial charge on any atom is 0.303 e. The summed E-state index contributed by atoms with van der Waals surface area (Å²) in [5.74, 6) is -0.890. The Morgan fingerprint density at radius 3 is 2.61 bits per heavy atom. The molecule has 6 heteroatoms. The Morgan fingerprint density at radius 2 is 2.06 bits per heavy atom. The van der Waals surface area contributed by atoms with Crippen molar-refractivity contribution in [2.24, 2.45) is 5.16 Å². The first-order chi connectivity index (χ1) is 8.54. The van der Waals surface area contributed by atoms with Gasteiger partial charge in [0.05, 0.1) is 22.2 Å². The number of benzene rings is 1. The predicted molar refractivity (Wildman–Crippen MR) is 71.5 cm³/mol. The van der Waals surface area contributed by atoms with Crippen LogP contribution in [0.1, 0.15) is 25.3 Å². The largest absolute Gasteiger partial charge is 0.481 e. The Hall–Kier alpha value is -1.26. The summed E-state index contributed by atoms with van der Waals surface area (Å²) < 4.78 is 0. The molecule has 0 heterocycles. The topological polar surface area (TPSA) is 58.9 Å². The van der Waals surface area contributed by atoms with E-state index in [1.807, 2.05) is 0 Å². The number of nitrogens with zero attached hydrogens (tertiary/aromatic N) is 1. The second-order valence-corrected chi connectivity index (χ2v) is 4.29. The van der Waals surface area contributed by atoms with Crippen LogP contribution in [-0.4, -0.2) is 23.4 Å². The summed E-state index contributed by atoms with van der Waals surface area (Å²) >= 11 is 11.7. The quantitative estimate of drug-likeness (QED) is 0.643. The zero-order chi connectivity index (χ0) is 13.5. The third-order valence-electron chi connectivity index (χ3n) is 2.13. The van der Waals surface area contributed by atoms with Gasteiger partial charge < -0.3 is 9.94 Å². The zero-order valence-corrected chi connectivity index (χ0v) is 11.3. The molecule has 0 saturated carbocycles. The molecule has 0 aromatic heterocycles. The van der Waals surface area contributed by atoms with Gasteiger partial charge in [0.25, 0.3) is 0 Å². The van der Waals surface area contributed by atoms with E-state index in [1.165, 1.54) is 0 Å². The SMILES string of the molecule is CCO/N=C(/CCC(=O)O)c1ccc(Cl)c(Cl)c1. The van der Waals surface area contributed by atoms with Gasteiger partial charge in [-0.3, -0.25) is 4.79 Å². The van der Waals surface area contributed by atoms with Gasteiger partial charge in [-0.2, -0.15) is 0 Å². The van der Waals surface area contributed by atoms with Gasteiger partial charge in [-0.05, 0) is 19.1 Å². The summed E-state index contributed by atoms with van der Waals surface area (Å²) in [6.07, 6.45) is 0.249. The van der Waals surface area contributed by atoms with Crippen LogP contribution in [0.3, 0.4) is 0 Å². The van der Waals surface area contributed by atoms with E-state index in [0.29, 0.717) is 27.9 Å². The van der Waals surface area contributed by atoms with Gasteiger partial charge in [-0.15, -0.1) is 0 Å². The molecule has 0 aliphatic carbocycles. The molecule has 0 unspecified atom stereocenters. The Bertz CT molecular complexity index is 461. The first kappa shape index (κ1) is 14.8. The van der Waals surface area contributed by atoms with Crippen LogP contribution in [-0.2, 0) is 9.63 Å². The molecule has 0 atom stereocenters. The second-order valence-electron chi connectivity index (χ2n) is 3.48. The summed E-state index contributed by atoms with van der Waals surface area (Å²) in [6.45, 7) is 2.21. The van der Waals surface area contributed by atoms with E-state index in [-0.39, 0.29) is 12.8 Å². The Morgan fingerprint density at radius 1 is 1.33 bits per heavy atom. The average Bonchev–Trinajstić information content (AvgIpc) is 2.33. The number of rotatable bonds is 6. The molecule has 0 radical (unpaired) electrons. The van der Waals surface area contributed by atoms with Gasteiger partial charge >= 0.3 is 5.97 Å². The molecular weight excluding hydrogens is 277 g/mol. The van der Waals surface area contributed by atoms with E-state index in [0.717, 1.165) is 0 Å². The monoisotopic (exact) mass is 289 g/mol. The fraction of sp³-hybridized carbons (Fsp3) is 0.333. The molecule has 1 aromatic carbocycles. The van der Waals surface area contributed by atoms with Gasteiger partial charge in [0.15, 0.2) is 0 Å². The average molecular weight is 290 g/mol. The van der Waals surface area contributed by atoms with Crippen LogP contribution in [0.5, 0.6) is 0 Å². The third-order valence-corrected chi connectivity index (χ3v) is 2.87. The van der Waals surface area contributed by atoms with Crippen molar-refractivity contribution in [3.63, 3.8) is 0 Å². The van der Waals surface area contributed by atoms with Gasteiger partial charge in [0.1, 0.15) is 6.61 Å². The summed E-state index contributed by atoms with van der Waals surface area (Å²) in [6, 6.07) is 5.01. The molecule has 0 bridgehead atoms. The minimum Gasteiger partial charge on any atom is -0.481 e. The van der Waals surface area contributed by atoms with Gasteiger partial charge in [0, 0.05) is 12.0 Å². The van der Waals surface area contributed by atoms with Crippen molar-refractivity contribution in [2.45, 2.75) is 19.8 Å². The molecule has 0 fully saturated rings. The lowest BCUT2D eigenvalue weighted by atomic mass is 10.1. The van der Waals surface area contributed by atoms with Crippen molar-refractivity contribution in [3.05, 3.63) is 33.8 Å². The summed E-state index contributed by atoms with van der Waals surface area (Å²) in [7, 11) is 0. The fourth-order valence-corrected chi connectivity index (χ4v) is 1.58. The Labute approximate surface area is 115 Å². The van der Waals surface area contributed by atoms with Crippen LogP contribution in [0.2, 0.25) is 10.0 Å². The Balaban J connectivity index is 2.93. The first-order valence-corrected chi connectivity index (χ1v) is 6.16. The lowest BCUT2D eigenvalue weighted by Crippen LogP contribution is -2.06. The standard InChI is InChI=1S/C12H13Cl2NO3/c1-2-18-15-11(5-6-12(16)17)8-3-4-9(13)10(14)7-8/h3-4,7H,2,5-6H2,1H3,(H,16,17)/b15-11-. The first-order valence-electron chi connectivity index (χ1n) is 5.40. The number of halogens is 2. The number of oxime groups is 1. The molecule has 18 heavy (non-hydrogen) atoms. The molecule has 0 aliphatic rings. The summed E-state index contributed by atoms with van der Waals surface area (Å²) in [4.78, 5) is 15.6. The van der Waals surface area contributed by atoms with Crippen LogP contribution in [0, 0.1) is 0 Å². The third kappa shape index (κ3) is 4.55. The second kappa shape index (κ2) is 7.24. The maximum absolute atomic E-state index is 10.6. The van der Waals surface area contributed by atoms with Crippen LogP contribution >= 0.6 is 23.2 Å². The molecule has 1 aromatic rings. The highest BCUT2D eigenvalue weighted by molar-refractivity contribution is 6.42. The number of carboxylic acid groups (broad SMARTS) is 1. The van der Waals surface area contributed by atoms with Crippen molar-refractivity contribution in [1.29, 1.82) is 0 Å². The van der Waals surface area contributed by atoms with E-state index >= 15 is 0 Å². The Kier molecular flexibility index (Phi) is 5.95. The van der Waals surface area contributed by atoms with Crippen molar-refractivity contribution < 1.29 is 14.7 Å². The lowest BCUT2D eigenvalue weighted by Gasteiger charge is -2.06. The highest BCUT2D eigenvalue weighted by atomic mass is 35.5. The van der Waals surface area contributed by atoms with Crippen LogP contribution in [0.15, 0.2) is 23.4 Å². The molecule has 0 spiro atoms. The van der Waals surface area contributed by atoms with Crippen LogP contribution in [0.4, 0.5) is 0 Å². The van der Waals surface area contributed by atoms with E-state index in [2.05, 4.69) is 5.16 Å². The molecule has 1 rings (SSSR count). The normalized spacial score (nSPS) is 11.4. The fourth-order valence-electron chi connectivity index (χ4n) is 1.29. The van der Waals surface area contributed by atoms with E-state index in [4.69, 9.17) is 33.1 Å². The highest BCUT2D eigenvalue weighted by Gasteiger charge is 2.09. The molecule has 98 valence electrons. The highest BCUT2D eigenvalue weighted by Crippen LogP contribution is 2.23. The van der Waals surface area contributed by atoms with Crippen molar-refractivity contribution in [3.8, 4) is 0 Å². The molecule has 4 nitrogen and oxygen atoms in total. The number of aliphatic carboxylic acids is 1. The number of carbonyl (C=O) groups is 1. The van der Waals surface area contributed by atoms with Gasteiger partial charge in [-0.25, -0.2) is 0 Å². The van der Waals surface area contributed by atoms with Gasteiger partial charge in [-0.1, -0.05) is 34.4 Å². The molecular formula is C12H13Cl2NO3. The molecule has 0 amide bonds. The smallest absolute Gasteiger partial charge is 0.303 e. The molecule has 1 N–H and O–H groups in total. The predicted octanol–water partition coefficient (Wildman–Crippen LogP) is 3.60. The van der Waals surface area contributed by atoms with Crippen LogP contribution < -0.4 is 0 Å². The van der Waals surface area contributed by atoms with E-state index in [1.54, 1.807) is 25.1 Å². The lowest BCUT2D eigenvalue weighted by molar-refractivity contribution is -0.136.